The fourth-order valence-corrected chi connectivity index (χ4v) is 2.23. The lowest BCUT2D eigenvalue weighted by Gasteiger charge is -2.31. The summed E-state index contributed by atoms with van der Waals surface area (Å²) >= 11 is 0. The van der Waals surface area contributed by atoms with Crippen molar-refractivity contribution in [1.29, 1.82) is 0 Å². The van der Waals surface area contributed by atoms with Crippen LogP contribution in [0, 0.1) is 5.92 Å². The van der Waals surface area contributed by atoms with Crippen LogP contribution in [0.2, 0.25) is 0 Å². The SMILES string of the molecule is CCN(c1ccncc1)C1COCC1C(=O)O. The molecule has 2 rings (SSSR count). The minimum absolute atomic E-state index is 0.0973. The molecule has 0 aromatic carbocycles. The Morgan fingerprint density at radius 1 is 1.53 bits per heavy atom. The second kappa shape index (κ2) is 5.14. The molecule has 1 saturated heterocycles. The number of aromatic nitrogens is 1. The van der Waals surface area contributed by atoms with Gasteiger partial charge in [0.2, 0.25) is 0 Å². The van der Waals surface area contributed by atoms with Crippen LogP contribution in [0.1, 0.15) is 6.92 Å². The number of hydrogen-bond acceptors (Lipinski definition) is 4. The quantitative estimate of drug-likeness (QED) is 0.845. The molecule has 0 amide bonds. The molecule has 2 heterocycles. The third-order valence-corrected chi connectivity index (χ3v) is 3.10. The number of likely N-dealkylation sites (N-methyl/N-ethyl adjacent to an activating group) is 1. The summed E-state index contributed by atoms with van der Waals surface area (Å²) in [6.45, 7) is 3.52. The average Bonchev–Trinajstić information content (AvgIpc) is 2.81. The number of carbonyl (C=O) groups is 1. The summed E-state index contributed by atoms with van der Waals surface area (Å²) in [4.78, 5) is 17.2. The van der Waals surface area contributed by atoms with Crippen LogP contribution in [-0.2, 0) is 9.53 Å². The first-order valence-electron chi connectivity index (χ1n) is 5.71. The molecule has 1 N–H and O–H groups in total. The van der Waals surface area contributed by atoms with E-state index in [2.05, 4.69) is 9.88 Å². The molecule has 17 heavy (non-hydrogen) atoms. The Bertz CT molecular complexity index is 383. The Hall–Kier alpha value is -1.62. The predicted octanol–water partition coefficient (Wildman–Crippen LogP) is 1.01. The van der Waals surface area contributed by atoms with E-state index in [1.54, 1.807) is 12.4 Å². The number of nitrogens with zero attached hydrogens (tertiary/aromatic N) is 2. The lowest BCUT2D eigenvalue weighted by molar-refractivity contribution is -0.141. The third-order valence-electron chi connectivity index (χ3n) is 3.10. The highest BCUT2D eigenvalue weighted by Crippen LogP contribution is 2.25. The van der Waals surface area contributed by atoms with Crippen molar-refractivity contribution in [3.63, 3.8) is 0 Å². The average molecular weight is 236 g/mol. The van der Waals surface area contributed by atoms with E-state index in [4.69, 9.17) is 9.84 Å². The lowest BCUT2D eigenvalue weighted by atomic mass is 10.0. The Kier molecular flexibility index (Phi) is 3.58. The summed E-state index contributed by atoms with van der Waals surface area (Å²) < 4.78 is 5.30. The number of anilines is 1. The maximum atomic E-state index is 11.1. The van der Waals surface area contributed by atoms with Crippen molar-refractivity contribution in [2.75, 3.05) is 24.7 Å². The summed E-state index contributed by atoms with van der Waals surface area (Å²) in [5, 5.41) is 9.16. The Balaban J connectivity index is 2.21. The van der Waals surface area contributed by atoms with Gasteiger partial charge in [-0.15, -0.1) is 0 Å². The zero-order valence-electron chi connectivity index (χ0n) is 9.74. The van der Waals surface area contributed by atoms with Gasteiger partial charge >= 0.3 is 5.97 Å². The van der Waals surface area contributed by atoms with E-state index >= 15 is 0 Å². The molecule has 1 aliphatic heterocycles. The monoisotopic (exact) mass is 236 g/mol. The zero-order valence-corrected chi connectivity index (χ0v) is 9.74. The molecule has 0 saturated carbocycles. The van der Waals surface area contributed by atoms with Crippen molar-refractivity contribution in [2.45, 2.75) is 13.0 Å². The van der Waals surface area contributed by atoms with Crippen LogP contribution in [0.4, 0.5) is 5.69 Å². The smallest absolute Gasteiger partial charge is 0.311 e. The Morgan fingerprint density at radius 3 is 2.82 bits per heavy atom. The molecule has 2 unspecified atom stereocenters. The Morgan fingerprint density at radius 2 is 2.24 bits per heavy atom. The zero-order chi connectivity index (χ0) is 12.3. The summed E-state index contributed by atoms with van der Waals surface area (Å²) in [6.07, 6.45) is 3.42. The van der Waals surface area contributed by atoms with E-state index in [1.165, 1.54) is 0 Å². The molecule has 1 fully saturated rings. The van der Waals surface area contributed by atoms with Gasteiger partial charge in [-0.1, -0.05) is 0 Å². The normalized spacial score (nSPS) is 23.6. The van der Waals surface area contributed by atoms with Gasteiger partial charge in [-0.2, -0.15) is 0 Å². The number of carboxylic acid groups (broad SMARTS) is 1. The lowest BCUT2D eigenvalue weighted by Crippen LogP contribution is -2.43. The highest BCUT2D eigenvalue weighted by molar-refractivity contribution is 5.72. The van der Waals surface area contributed by atoms with Gasteiger partial charge in [0.15, 0.2) is 0 Å². The summed E-state index contributed by atoms with van der Waals surface area (Å²) in [5.74, 6) is -1.25. The topological polar surface area (TPSA) is 62.7 Å². The summed E-state index contributed by atoms with van der Waals surface area (Å²) in [5.41, 5.74) is 0.990. The van der Waals surface area contributed by atoms with Crippen LogP contribution in [-0.4, -0.2) is 41.9 Å². The highest BCUT2D eigenvalue weighted by atomic mass is 16.5. The maximum absolute atomic E-state index is 11.1. The van der Waals surface area contributed by atoms with Crippen molar-refractivity contribution < 1.29 is 14.6 Å². The second-order valence-corrected chi connectivity index (χ2v) is 4.04. The van der Waals surface area contributed by atoms with E-state index < -0.39 is 11.9 Å². The van der Waals surface area contributed by atoms with Crippen LogP contribution >= 0.6 is 0 Å². The molecule has 0 aliphatic carbocycles. The summed E-state index contributed by atoms with van der Waals surface area (Å²) in [7, 11) is 0. The van der Waals surface area contributed by atoms with Gasteiger partial charge in [0.25, 0.3) is 0 Å². The summed E-state index contributed by atoms with van der Waals surface area (Å²) in [6, 6.07) is 3.68. The number of rotatable bonds is 4. The third kappa shape index (κ3) is 2.39. The van der Waals surface area contributed by atoms with Gasteiger partial charge in [-0.3, -0.25) is 9.78 Å². The van der Waals surface area contributed by atoms with Gasteiger partial charge in [-0.25, -0.2) is 0 Å². The molecule has 1 aromatic heterocycles. The van der Waals surface area contributed by atoms with Crippen molar-refractivity contribution in [1.82, 2.24) is 4.98 Å². The van der Waals surface area contributed by atoms with Crippen LogP contribution < -0.4 is 4.90 Å². The number of hydrogen-bond donors (Lipinski definition) is 1. The molecule has 0 bridgehead atoms. The molecule has 1 aromatic rings. The van der Waals surface area contributed by atoms with Crippen molar-refractivity contribution >= 4 is 11.7 Å². The molecule has 92 valence electrons. The largest absolute Gasteiger partial charge is 0.481 e. The van der Waals surface area contributed by atoms with Crippen LogP contribution in [0.3, 0.4) is 0 Å². The van der Waals surface area contributed by atoms with E-state index in [9.17, 15) is 4.79 Å². The van der Waals surface area contributed by atoms with Gasteiger partial charge in [0.1, 0.15) is 5.92 Å². The number of aliphatic carboxylic acids is 1. The van der Waals surface area contributed by atoms with Crippen molar-refractivity contribution in [2.24, 2.45) is 5.92 Å². The van der Waals surface area contributed by atoms with E-state index in [0.29, 0.717) is 13.2 Å². The second-order valence-electron chi connectivity index (χ2n) is 4.04. The number of carboxylic acids is 1. The first kappa shape index (κ1) is 11.9. The fraction of sp³-hybridized carbons (Fsp3) is 0.500. The van der Waals surface area contributed by atoms with Gasteiger partial charge in [0, 0.05) is 24.6 Å². The van der Waals surface area contributed by atoms with E-state index in [0.717, 1.165) is 12.2 Å². The van der Waals surface area contributed by atoms with Gasteiger partial charge < -0.3 is 14.7 Å². The first-order chi connectivity index (χ1) is 8.24. The van der Waals surface area contributed by atoms with E-state index in [1.807, 2.05) is 19.1 Å². The maximum Gasteiger partial charge on any atom is 0.311 e. The van der Waals surface area contributed by atoms with Gasteiger partial charge in [0.05, 0.1) is 19.3 Å². The van der Waals surface area contributed by atoms with Crippen LogP contribution in [0.25, 0.3) is 0 Å². The molecule has 5 nitrogen and oxygen atoms in total. The van der Waals surface area contributed by atoms with Crippen LogP contribution in [0.5, 0.6) is 0 Å². The molecule has 0 spiro atoms. The van der Waals surface area contributed by atoms with Crippen molar-refractivity contribution in [3.05, 3.63) is 24.5 Å². The molecule has 2 atom stereocenters. The number of ether oxygens (including phenoxy) is 1. The minimum atomic E-state index is -0.792. The van der Waals surface area contributed by atoms with Crippen molar-refractivity contribution in [3.8, 4) is 0 Å². The standard InChI is InChI=1S/C12H16N2O3/c1-2-14(9-3-5-13-6-4-9)11-8-17-7-10(11)12(15)16/h3-6,10-11H,2,7-8H2,1H3,(H,15,16). The Labute approximate surface area is 100 Å². The van der Waals surface area contributed by atoms with E-state index in [-0.39, 0.29) is 6.04 Å². The fourth-order valence-electron chi connectivity index (χ4n) is 2.23. The highest BCUT2D eigenvalue weighted by Gasteiger charge is 2.37. The van der Waals surface area contributed by atoms with Gasteiger partial charge in [-0.05, 0) is 19.1 Å². The minimum Gasteiger partial charge on any atom is -0.481 e. The number of pyridine rings is 1. The molecule has 1 aliphatic rings. The van der Waals surface area contributed by atoms with Crippen LogP contribution in [0.15, 0.2) is 24.5 Å². The molecule has 5 heteroatoms. The first-order valence-corrected chi connectivity index (χ1v) is 5.71. The molecular weight excluding hydrogens is 220 g/mol. The predicted molar refractivity (Wildman–Crippen MR) is 63.0 cm³/mol. The molecular formula is C12H16N2O3. The molecule has 0 radical (unpaired) electrons.